The van der Waals surface area contributed by atoms with Gasteiger partial charge in [-0.3, -0.25) is 15.0 Å². The summed E-state index contributed by atoms with van der Waals surface area (Å²) in [4.78, 5) is 25.9. The van der Waals surface area contributed by atoms with E-state index >= 15 is 0 Å². The lowest BCUT2D eigenvalue weighted by atomic mass is 10.2. The second kappa shape index (κ2) is 5.42. The number of nitrogens with zero attached hydrogens (tertiary/aromatic N) is 1. The lowest BCUT2D eigenvalue weighted by Gasteiger charge is -2.08. The summed E-state index contributed by atoms with van der Waals surface area (Å²) in [7, 11) is 0. The van der Waals surface area contributed by atoms with Gasteiger partial charge in [-0.1, -0.05) is 6.92 Å². The number of nitrogens with two attached hydrogens (primary N) is 1. The molecule has 0 aliphatic carbocycles. The predicted molar refractivity (Wildman–Crippen MR) is 55.9 cm³/mol. The number of hydrogen-bond donors (Lipinski definition) is 3. The van der Waals surface area contributed by atoms with Crippen molar-refractivity contribution in [2.45, 2.75) is 12.8 Å². The molecule has 2 amide bonds. The first kappa shape index (κ1) is 11.6. The van der Waals surface area contributed by atoms with Crippen LogP contribution in [0.3, 0.4) is 0 Å². The Morgan fingerprint density at radius 3 is 2.87 bits per heavy atom. The fourth-order valence-corrected chi connectivity index (χ4v) is 1.66. The molecule has 0 aromatic carbocycles. The molecular weight excluding hydrogens is 216 g/mol. The first-order chi connectivity index (χ1) is 7.15. The zero-order valence-corrected chi connectivity index (χ0v) is 9.00. The van der Waals surface area contributed by atoms with Crippen molar-refractivity contribution >= 4 is 23.2 Å². The molecule has 1 atom stereocenters. The van der Waals surface area contributed by atoms with Crippen LogP contribution in [0.25, 0.3) is 0 Å². The lowest BCUT2D eigenvalue weighted by molar-refractivity contribution is -0.139. The summed E-state index contributed by atoms with van der Waals surface area (Å²) < 4.78 is 0. The summed E-state index contributed by atoms with van der Waals surface area (Å²) >= 11 is 1.51. The number of nitrogens with one attached hydrogen (secondary N) is 2. The Bertz CT molecular complexity index is 338. The molecule has 6 nitrogen and oxygen atoms in total. The van der Waals surface area contributed by atoms with E-state index in [1.165, 1.54) is 11.3 Å². The summed E-state index contributed by atoms with van der Waals surface area (Å²) in [5, 5.41) is 5.24. The molecule has 1 aromatic heterocycles. The second-order valence-corrected chi connectivity index (χ2v) is 3.88. The first-order valence-corrected chi connectivity index (χ1v) is 5.21. The molecular formula is C8H12N4O2S. The van der Waals surface area contributed by atoms with Crippen molar-refractivity contribution in [3.63, 3.8) is 0 Å². The Hall–Kier alpha value is -1.47. The average molecular weight is 228 g/mol. The van der Waals surface area contributed by atoms with Gasteiger partial charge in [-0.05, 0) is 0 Å². The van der Waals surface area contributed by atoms with Crippen LogP contribution < -0.4 is 16.6 Å². The Morgan fingerprint density at radius 2 is 2.33 bits per heavy atom. The van der Waals surface area contributed by atoms with Gasteiger partial charge in [-0.25, -0.2) is 10.8 Å². The fourth-order valence-electron chi connectivity index (χ4n) is 0.957. The lowest BCUT2D eigenvalue weighted by Crippen LogP contribution is -2.44. The molecule has 82 valence electrons. The van der Waals surface area contributed by atoms with Crippen LogP contribution in [0.4, 0.5) is 0 Å². The highest BCUT2D eigenvalue weighted by Gasteiger charge is 2.14. The third-order valence-corrected chi connectivity index (χ3v) is 2.79. The fraction of sp³-hybridized carbons (Fsp3) is 0.375. The summed E-state index contributed by atoms with van der Waals surface area (Å²) in [6, 6.07) is 0. The van der Waals surface area contributed by atoms with E-state index in [-0.39, 0.29) is 5.92 Å². The molecule has 0 aliphatic heterocycles. The van der Waals surface area contributed by atoms with E-state index in [0.717, 1.165) is 5.01 Å². The average Bonchev–Trinajstić information content (AvgIpc) is 2.77. The van der Waals surface area contributed by atoms with Crippen molar-refractivity contribution in [3.05, 3.63) is 16.6 Å². The van der Waals surface area contributed by atoms with Crippen molar-refractivity contribution in [2.75, 3.05) is 6.54 Å². The highest BCUT2D eigenvalue weighted by atomic mass is 32.1. The topological polar surface area (TPSA) is 97.1 Å². The summed E-state index contributed by atoms with van der Waals surface area (Å²) in [6.07, 6.45) is 1.70. The van der Waals surface area contributed by atoms with Gasteiger partial charge < -0.3 is 5.32 Å². The molecule has 1 heterocycles. The monoisotopic (exact) mass is 228 g/mol. The van der Waals surface area contributed by atoms with Crippen LogP contribution in [0.5, 0.6) is 0 Å². The molecule has 0 saturated heterocycles. The molecule has 4 N–H and O–H groups in total. The molecule has 1 unspecified atom stereocenters. The number of amides is 2. The highest BCUT2D eigenvalue weighted by molar-refractivity contribution is 7.09. The van der Waals surface area contributed by atoms with Crippen LogP contribution in [-0.2, 0) is 9.59 Å². The number of hydrogen-bond acceptors (Lipinski definition) is 5. The summed E-state index contributed by atoms with van der Waals surface area (Å²) in [5.41, 5.74) is 1.76. The van der Waals surface area contributed by atoms with Gasteiger partial charge in [0.15, 0.2) is 0 Å². The van der Waals surface area contributed by atoms with Crippen molar-refractivity contribution in [2.24, 2.45) is 5.84 Å². The summed E-state index contributed by atoms with van der Waals surface area (Å²) in [6.45, 7) is 2.28. The van der Waals surface area contributed by atoms with Gasteiger partial charge >= 0.3 is 11.8 Å². The van der Waals surface area contributed by atoms with Crippen molar-refractivity contribution in [1.82, 2.24) is 15.7 Å². The number of carbonyl (C=O) groups excluding carboxylic acids is 2. The van der Waals surface area contributed by atoms with Gasteiger partial charge in [0.25, 0.3) is 0 Å². The molecule has 15 heavy (non-hydrogen) atoms. The van der Waals surface area contributed by atoms with Crippen molar-refractivity contribution < 1.29 is 9.59 Å². The van der Waals surface area contributed by atoms with E-state index in [1.807, 2.05) is 12.3 Å². The maximum Gasteiger partial charge on any atom is 0.323 e. The maximum atomic E-state index is 11.0. The molecule has 7 heteroatoms. The number of thiazole rings is 1. The summed E-state index contributed by atoms with van der Waals surface area (Å²) in [5.74, 6) is 3.30. The van der Waals surface area contributed by atoms with Gasteiger partial charge in [0, 0.05) is 24.0 Å². The predicted octanol–water partition coefficient (Wildman–Crippen LogP) is -0.647. The number of rotatable bonds is 3. The first-order valence-electron chi connectivity index (χ1n) is 4.33. The van der Waals surface area contributed by atoms with E-state index in [1.54, 1.807) is 11.6 Å². The van der Waals surface area contributed by atoms with Gasteiger partial charge in [0.1, 0.15) is 0 Å². The Kier molecular flexibility index (Phi) is 4.19. The van der Waals surface area contributed by atoms with Crippen molar-refractivity contribution in [3.8, 4) is 0 Å². The third-order valence-electron chi connectivity index (χ3n) is 1.78. The van der Waals surface area contributed by atoms with Crippen LogP contribution >= 0.6 is 11.3 Å². The van der Waals surface area contributed by atoms with Crippen LogP contribution in [0.2, 0.25) is 0 Å². The van der Waals surface area contributed by atoms with Crippen LogP contribution in [0.15, 0.2) is 11.6 Å². The van der Waals surface area contributed by atoms with Crippen molar-refractivity contribution in [1.29, 1.82) is 0 Å². The van der Waals surface area contributed by atoms with E-state index in [9.17, 15) is 9.59 Å². The molecule has 0 radical (unpaired) electrons. The van der Waals surface area contributed by atoms with E-state index in [4.69, 9.17) is 5.84 Å². The van der Waals surface area contributed by atoms with E-state index < -0.39 is 11.8 Å². The van der Waals surface area contributed by atoms with Crippen LogP contribution in [0.1, 0.15) is 17.8 Å². The van der Waals surface area contributed by atoms with Gasteiger partial charge in [0.2, 0.25) is 0 Å². The molecule has 0 aliphatic rings. The third kappa shape index (κ3) is 3.30. The molecule has 1 rings (SSSR count). The number of carbonyl (C=O) groups is 2. The molecule has 0 bridgehead atoms. The minimum absolute atomic E-state index is 0.0829. The van der Waals surface area contributed by atoms with E-state index in [0.29, 0.717) is 6.54 Å². The second-order valence-electron chi connectivity index (χ2n) is 2.95. The Morgan fingerprint density at radius 1 is 1.60 bits per heavy atom. The Balaban J connectivity index is 2.38. The van der Waals surface area contributed by atoms with Gasteiger partial charge in [-0.2, -0.15) is 0 Å². The zero-order valence-electron chi connectivity index (χ0n) is 8.19. The molecule has 0 saturated carbocycles. The standard InChI is InChI=1S/C8H12N4O2S/c1-5(8-10-2-3-15-8)4-11-6(13)7(14)12-9/h2-3,5H,4,9H2,1H3,(H,11,13)(H,12,14). The smallest absolute Gasteiger partial charge is 0.323 e. The normalized spacial score (nSPS) is 11.9. The van der Waals surface area contributed by atoms with Gasteiger partial charge in [0.05, 0.1) is 5.01 Å². The minimum Gasteiger partial charge on any atom is -0.347 e. The largest absolute Gasteiger partial charge is 0.347 e. The minimum atomic E-state index is -0.846. The number of aromatic nitrogens is 1. The molecule has 1 aromatic rings. The Labute approximate surface area is 90.8 Å². The molecule has 0 fully saturated rings. The van der Waals surface area contributed by atoms with E-state index in [2.05, 4.69) is 10.3 Å². The number of hydrazine groups is 1. The van der Waals surface area contributed by atoms with Crippen LogP contribution in [-0.4, -0.2) is 23.3 Å². The quantitative estimate of drug-likeness (QED) is 0.277. The SMILES string of the molecule is CC(CNC(=O)C(=O)NN)c1nccs1. The van der Waals surface area contributed by atoms with Crippen LogP contribution in [0, 0.1) is 0 Å². The molecule has 0 spiro atoms. The van der Waals surface area contributed by atoms with Gasteiger partial charge in [-0.15, -0.1) is 11.3 Å². The maximum absolute atomic E-state index is 11.0. The zero-order chi connectivity index (χ0) is 11.3. The highest BCUT2D eigenvalue weighted by Crippen LogP contribution is 2.15.